The van der Waals surface area contributed by atoms with Gasteiger partial charge in [0.2, 0.25) is 5.91 Å². The third-order valence-electron chi connectivity index (χ3n) is 5.26. The molecule has 4 heteroatoms. The summed E-state index contributed by atoms with van der Waals surface area (Å²) in [6.07, 6.45) is 5.71. The summed E-state index contributed by atoms with van der Waals surface area (Å²) in [6, 6.07) is 0.170. The molecule has 4 nitrogen and oxygen atoms in total. The van der Waals surface area contributed by atoms with Crippen LogP contribution in [0.25, 0.3) is 0 Å². The smallest absolute Gasteiger partial charge is 0.249 e. The minimum Gasteiger partial charge on any atom is -0.396 e. The van der Waals surface area contributed by atoms with E-state index in [0.29, 0.717) is 24.4 Å². The SMILES string of the molecule is CC(OCC1CC1)C(=O)NC1C2CCC(C2)C1CO. The molecule has 108 valence electrons. The Morgan fingerprint density at radius 3 is 2.74 bits per heavy atom. The number of rotatable bonds is 6. The number of carbonyl (C=O) groups excluding carboxylic acids is 1. The number of ether oxygens (including phenoxy) is 1. The Morgan fingerprint density at radius 1 is 1.32 bits per heavy atom. The van der Waals surface area contributed by atoms with E-state index in [2.05, 4.69) is 5.32 Å². The Bertz CT molecular complexity index is 342. The van der Waals surface area contributed by atoms with Crippen LogP contribution in [0.2, 0.25) is 0 Å². The molecule has 0 aromatic carbocycles. The van der Waals surface area contributed by atoms with Gasteiger partial charge in [0.05, 0.1) is 6.61 Å². The van der Waals surface area contributed by atoms with Crippen LogP contribution < -0.4 is 5.32 Å². The number of amides is 1. The molecule has 1 amide bonds. The lowest BCUT2D eigenvalue weighted by Gasteiger charge is -2.31. The Labute approximate surface area is 114 Å². The zero-order chi connectivity index (χ0) is 13.4. The molecule has 19 heavy (non-hydrogen) atoms. The van der Waals surface area contributed by atoms with E-state index in [-0.39, 0.29) is 30.6 Å². The van der Waals surface area contributed by atoms with E-state index in [9.17, 15) is 9.90 Å². The molecule has 5 unspecified atom stereocenters. The molecule has 3 rings (SSSR count). The van der Waals surface area contributed by atoms with Gasteiger partial charge in [0.15, 0.2) is 0 Å². The molecule has 3 fully saturated rings. The maximum atomic E-state index is 12.2. The first-order chi connectivity index (χ1) is 9.19. The minimum absolute atomic E-state index is 0.00310. The van der Waals surface area contributed by atoms with Crippen molar-refractivity contribution in [3.63, 3.8) is 0 Å². The van der Waals surface area contributed by atoms with Crippen molar-refractivity contribution in [3.8, 4) is 0 Å². The van der Waals surface area contributed by atoms with Gasteiger partial charge in [0.1, 0.15) is 6.10 Å². The van der Waals surface area contributed by atoms with Crippen molar-refractivity contribution < 1.29 is 14.6 Å². The molecule has 0 radical (unpaired) electrons. The lowest BCUT2D eigenvalue weighted by atomic mass is 9.85. The molecule has 3 saturated carbocycles. The summed E-state index contributed by atoms with van der Waals surface area (Å²) < 4.78 is 5.61. The predicted molar refractivity (Wildman–Crippen MR) is 71.5 cm³/mol. The van der Waals surface area contributed by atoms with E-state index in [4.69, 9.17) is 4.74 Å². The van der Waals surface area contributed by atoms with Crippen LogP contribution in [0.3, 0.4) is 0 Å². The van der Waals surface area contributed by atoms with Crippen molar-refractivity contribution in [2.24, 2.45) is 23.7 Å². The number of aliphatic hydroxyl groups is 1. The normalized spacial score (nSPS) is 38.4. The van der Waals surface area contributed by atoms with Gasteiger partial charge in [-0.2, -0.15) is 0 Å². The minimum atomic E-state index is -0.362. The van der Waals surface area contributed by atoms with Crippen LogP contribution in [0, 0.1) is 23.7 Å². The van der Waals surface area contributed by atoms with E-state index in [1.165, 1.54) is 32.1 Å². The van der Waals surface area contributed by atoms with Crippen LogP contribution in [0.1, 0.15) is 39.0 Å². The Kier molecular flexibility index (Phi) is 3.81. The molecule has 0 spiro atoms. The highest BCUT2D eigenvalue weighted by molar-refractivity contribution is 5.80. The maximum Gasteiger partial charge on any atom is 0.249 e. The zero-order valence-corrected chi connectivity index (χ0v) is 11.7. The Hall–Kier alpha value is -0.610. The van der Waals surface area contributed by atoms with Gasteiger partial charge in [-0.1, -0.05) is 0 Å². The van der Waals surface area contributed by atoms with Crippen LogP contribution in [-0.4, -0.2) is 36.4 Å². The van der Waals surface area contributed by atoms with Gasteiger partial charge in [-0.25, -0.2) is 0 Å². The van der Waals surface area contributed by atoms with Crippen LogP contribution in [0.4, 0.5) is 0 Å². The van der Waals surface area contributed by atoms with E-state index in [1.54, 1.807) is 0 Å². The molecular formula is C15H25NO3. The van der Waals surface area contributed by atoms with E-state index < -0.39 is 0 Å². The van der Waals surface area contributed by atoms with Gasteiger partial charge < -0.3 is 15.2 Å². The number of hydrogen-bond acceptors (Lipinski definition) is 3. The monoisotopic (exact) mass is 267 g/mol. The molecule has 0 aliphatic heterocycles. The van der Waals surface area contributed by atoms with Crippen molar-refractivity contribution in [3.05, 3.63) is 0 Å². The second kappa shape index (κ2) is 5.41. The maximum absolute atomic E-state index is 12.2. The molecule has 0 aromatic heterocycles. The average molecular weight is 267 g/mol. The molecule has 0 saturated heterocycles. The Morgan fingerprint density at radius 2 is 2.05 bits per heavy atom. The summed E-state index contributed by atoms with van der Waals surface area (Å²) >= 11 is 0. The first-order valence-electron chi connectivity index (χ1n) is 7.72. The van der Waals surface area contributed by atoms with E-state index >= 15 is 0 Å². The summed E-state index contributed by atoms with van der Waals surface area (Å²) in [7, 11) is 0. The van der Waals surface area contributed by atoms with Crippen LogP contribution in [-0.2, 0) is 9.53 Å². The number of nitrogens with one attached hydrogen (secondary N) is 1. The van der Waals surface area contributed by atoms with Crippen molar-refractivity contribution in [1.82, 2.24) is 5.32 Å². The standard InChI is InChI=1S/C15H25NO3/c1-9(19-8-10-2-3-10)15(18)16-14-12-5-4-11(6-12)13(14)7-17/h9-14,17H,2-8H2,1H3,(H,16,18). The highest BCUT2D eigenvalue weighted by atomic mass is 16.5. The third kappa shape index (κ3) is 2.79. The van der Waals surface area contributed by atoms with Crippen molar-refractivity contribution in [2.45, 2.75) is 51.2 Å². The fourth-order valence-electron chi connectivity index (χ4n) is 3.82. The molecule has 0 aromatic rings. The van der Waals surface area contributed by atoms with Gasteiger partial charge in [0, 0.05) is 18.6 Å². The quantitative estimate of drug-likeness (QED) is 0.763. The first kappa shape index (κ1) is 13.4. The van der Waals surface area contributed by atoms with Crippen molar-refractivity contribution >= 4 is 5.91 Å². The lowest BCUT2D eigenvalue weighted by Crippen LogP contribution is -2.48. The van der Waals surface area contributed by atoms with Crippen molar-refractivity contribution in [2.75, 3.05) is 13.2 Å². The largest absolute Gasteiger partial charge is 0.396 e. The molecule has 5 atom stereocenters. The highest BCUT2D eigenvalue weighted by Crippen LogP contribution is 2.48. The van der Waals surface area contributed by atoms with Crippen molar-refractivity contribution in [1.29, 1.82) is 0 Å². The molecule has 3 aliphatic carbocycles. The number of carbonyl (C=O) groups is 1. The third-order valence-corrected chi connectivity index (χ3v) is 5.26. The second-order valence-corrected chi connectivity index (χ2v) is 6.63. The van der Waals surface area contributed by atoms with Gasteiger partial charge >= 0.3 is 0 Å². The molecule has 3 aliphatic rings. The summed E-state index contributed by atoms with van der Waals surface area (Å²) in [5, 5.41) is 12.6. The topological polar surface area (TPSA) is 58.6 Å². The van der Waals surface area contributed by atoms with E-state index in [1.807, 2.05) is 6.92 Å². The zero-order valence-electron chi connectivity index (χ0n) is 11.7. The first-order valence-corrected chi connectivity index (χ1v) is 7.72. The summed E-state index contributed by atoms with van der Waals surface area (Å²) in [6.45, 7) is 2.75. The fourth-order valence-corrected chi connectivity index (χ4v) is 3.82. The van der Waals surface area contributed by atoms with Gasteiger partial charge in [0.25, 0.3) is 0 Å². The van der Waals surface area contributed by atoms with Gasteiger partial charge in [-0.15, -0.1) is 0 Å². The molecule has 0 heterocycles. The average Bonchev–Trinajstić information content (AvgIpc) is 3.03. The summed E-state index contributed by atoms with van der Waals surface area (Å²) in [5.41, 5.74) is 0. The summed E-state index contributed by atoms with van der Waals surface area (Å²) in [5.74, 6) is 2.13. The number of fused-ring (bicyclic) bond motifs is 2. The van der Waals surface area contributed by atoms with Gasteiger partial charge in [-0.3, -0.25) is 4.79 Å². The molecule has 2 N–H and O–H groups in total. The Balaban J connectivity index is 1.50. The van der Waals surface area contributed by atoms with E-state index in [0.717, 1.165) is 0 Å². The van der Waals surface area contributed by atoms with Crippen LogP contribution >= 0.6 is 0 Å². The number of hydrogen-bond donors (Lipinski definition) is 2. The lowest BCUT2D eigenvalue weighted by molar-refractivity contribution is -0.133. The fraction of sp³-hybridized carbons (Fsp3) is 0.933. The van der Waals surface area contributed by atoms with Crippen LogP contribution in [0.5, 0.6) is 0 Å². The molecule has 2 bridgehead atoms. The summed E-state index contributed by atoms with van der Waals surface area (Å²) in [4.78, 5) is 12.2. The molecular weight excluding hydrogens is 242 g/mol. The van der Waals surface area contributed by atoms with Crippen LogP contribution in [0.15, 0.2) is 0 Å². The van der Waals surface area contributed by atoms with Gasteiger partial charge in [-0.05, 0) is 56.8 Å². The predicted octanol–water partition coefficient (Wildman–Crippen LogP) is 1.32. The second-order valence-electron chi connectivity index (χ2n) is 6.63. The highest BCUT2D eigenvalue weighted by Gasteiger charge is 2.47. The number of aliphatic hydroxyl groups excluding tert-OH is 1.